The summed E-state index contributed by atoms with van der Waals surface area (Å²) in [4.78, 5) is 10.7. The highest BCUT2D eigenvalue weighted by Crippen LogP contribution is 2.30. The molecule has 1 aliphatic rings. The van der Waals surface area contributed by atoms with Crippen LogP contribution in [0.25, 0.3) is 0 Å². The molecule has 0 saturated carbocycles. The Morgan fingerprint density at radius 2 is 2.20 bits per heavy atom. The Labute approximate surface area is 88.4 Å². The number of rotatable bonds is 2. The zero-order valence-electron chi connectivity index (χ0n) is 9.14. The smallest absolute Gasteiger partial charge is 0.303 e. The summed E-state index contributed by atoms with van der Waals surface area (Å²) < 4.78 is 23.2. The first kappa shape index (κ1) is 12.4. The highest BCUT2D eigenvalue weighted by atomic mass is 19.1. The Balaban J connectivity index is 2.70. The first-order valence-corrected chi connectivity index (χ1v) is 5.12. The number of ether oxygens (including phenoxy) is 2. The molecule has 1 N–H and O–H groups in total. The minimum absolute atomic E-state index is 0.456. The lowest BCUT2D eigenvalue weighted by Gasteiger charge is -2.39. The van der Waals surface area contributed by atoms with E-state index >= 15 is 0 Å². The molecule has 0 aromatic rings. The number of hydrogen-bond acceptors (Lipinski definition) is 4. The van der Waals surface area contributed by atoms with Crippen LogP contribution in [-0.2, 0) is 14.3 Å². The summed E-state index contributed by atoms with van der Waals surface area (Å²) in [6, 6.07) is 0. The van der Waals surface area contributed by atoms with Gasteiger partial charge in [-0.3, -0.25) is 4.79 Å². The fraction of sp³-hybridized carbons (Fsp3) is 0.900. The van der Waals surface area contributed by atoms with Crippen molar-refractivity contribution < 1.29 is 23.8 Å². The summed E-state index contributed by atoms with van der Waals surface area (Å²) in [5.74, 6) is -1.03. The Kier molecular flexibility index (Phi) is 4.04. The number of halogens is 1. The molecule has 1 fully saturated rings. The third-order valence-corrected chi connectivity index (χ3v) is 2.71. The Hall–Kier alpha value is -0.680. The fourth-order valence-corrected chi connectivity index (χ4v) is 1.79. The average Bonchev–Trinajstić information content (AvgIpc) is 2.18. The van der Waals surface area contributed by atoms with E-state index in [4.69, 9.17) is 9.47 Å². The predicted octanol–water partition coefficient (Wildman–Crippen LogP) is 1.02. The van der Waals surface area contributed by atoms with Gasteiger partial charge in [0.25, 0.3) is 0 Å². The minimum atomic E-state index is -1.66. The minimum Gasteiger partial charge on any atom is -0.456 e. The van der Waals surface area contributed by atoms with Crippen molar-refractivity contribution in [2.75, 3.05) is 0 Å². The van der Waals surface area contributed by atoms with Crippen molar-refractivity contribution in [3.8, 4) is 0 Å². The number of hydrogen-bond donors (Lipinski definition) is 1. The molecular formula is C10H17FO4. The molecule has 0 aromatic heterocycles. The third-order valence-electron chi connectivity index (χ3n) is 2.71. The standard InChI is InChI=1S/C10H17FO4/c1-4-7-8(13)5(2)9(10(11)15-7)14-6(3)12/h5,7-10,13H,4H2,1-3H3/t5-,7?,8-,9?,10-/m0/s1. The molecular weight excluding hydrogens is 203 g/mol. The van der Waals surface area contributed by atoms with E-state index in [1.807, 2.05) is 0 Å². The van der Waals surface area contributed by atoms with Crippen molar-refractivity contribution in [3.63, 3.8) is 0 Å². The quantitative estimate of drug-likeness (QED) is 0.706. The van der Waals surface area contributed by atoms with Crippen LogP contribution in [0.3, 0.4) is 0 Å². The maximum absolute atomic E-state index is 13.5. The van der Waals surface area contributed by atoms with Crippen molar-refractivity contribution in [2.24, 2.45) is 5.92 Å². The molecule has 5 atom stereocenters. The van der Waals surface area contributed by atoms with Gasteiger partial charge in [0.2, 0.25) is 6.36 Å². The highest BCUT2D eigenvalue weighted by Gasteiger charge is 2.44. The SMILES string of the molecule is CCC1O[C@H](F)C(OC(C)=O)[C@@H](C)[C@@H]1O. The predicted molar refractivity (Wildman–Crippen MR) is 50.8 cm³/mol. The molecule has 1 heterocycles. The van der Waals surface area contributed by atoms with Gasteiger partial charge in [-0.2, -0.15) is 0 Å². The number of carbonyl (C=O) groups is 1. The number of carbonyl (C=O) groups excluding carboxylic acids is 1. The molecule has 1 saturated heterocycles. The van der Waals surface area contributed by atoms with Gasteiger partial charge in [0.05, 0.1) is 12.2 Å². The van der Waals surface area contributed by atoms with Gasteiger partial charge in [-0.25, -0.2) is 4.39 Å². The lowest BCUT2D eigenvalue weighted by Crippen LogP contribution is -2.52. The molecule has 0 aliphatic carbocycles. The molecule has 0 spiro atoms. The summed E-state index contributed by atoms with van der Waals surface area (Å²) in [6.45, 7) is 4.66. The Bertz CT molecular complexity index is 233. The maximum Gasteiger partial charge on any atom is 0.303 e. The van der Waals surface area contributed by atoms with Crippen molar-refractivity contribution in [1.29, 1.82) is 0 Å². The number of aliphatic hydroxyl groups is 1. The summed E-state index contributed by atoms with van der Waals surface area (Å²) in [5, 5.41) is 9.76. The summed E-state index contributed by atoms with van der Waals surface area (Å²) >= 11 is 0. The lowest BCUT2D eigenvalue weighted by atomic mass is 9.90. The van der Waals surface area contributed by atoms with E-state index in [9.17, 15) is 14.3 Å². The lowest BCUT2D eigenvalue weighted by molar-refractivity contribution is -0.245. The van der Waals surface area contributed by atoms with Crippen LogP contribution in [0.1, 0.15) is 27.2 Å². The van der Waals surface area contributed by atoms with Crippen LogP contribution < -0.4 is 0 Å². The average molecular weight is 220 g/mol. The van der Waals surface area contributed by atoms with Crippen LogP contribution >= 0.6 is 0 Å². The number of aliphatic hydroxyl groups excluding tert-OH is 1. The van der Waals surface area contributed by atoms with E-state index in [1.165, 1.54) is 6.92 Å². The summed E-state index contributed by atoms with van der Waals surface area (Å²) in [5.41, 5.74) is 0. The Morgan fingerprint density at radius 3 is 2.67 bits per heavy atom. The summed E-state index contributed by atoms with van der Waals surface area (Å²) in [6.07, 6.45) is -3.47. The molecule has 2 unspecified atom stereocenters. The van der Waals surface area contributed by atoms with E-state index in [0.29, 0.717) is 6.42 Å². The molecule has 0 aromatic carbocycles. The van der Waals surface area contributed by atoms with E-state index in [0.717, 1.165) is 0 Å². The second kappa shape index (κ2) is 4.90. The van der Waals surface area contributed by atoms with E-state index < -0.39 is 36.6 Å². The van der Waals surface area contributed by atoms with Crippen LogP contribution in [0.4, 0.5) is 4.39 Å². The van der Waals surface area contributed by atoms with Gasteiger partial charge in [0.15, 0.2) is 6.10 Å². The largest absolute Gasteiger partial charge is 0.456 e. The molecule has 1 aliphatic heterocycles. The number of esters is 1. The molecule has 0 amide bonds. The van der Waals surface area contributed by atoms with Gasteiger partial charge in [-0.15, -0.1) is 0 Å². The molecule has 0 radical (unpaired) electrons. The molecule has 4 nitrogen and oxygen atoms in total. The zero-order valence-corrected chi connectivity index (χ0v) is 9.14. The van der Waals surface area contributed by atoms with E-state index in [-0.39, 0.29) is 0 Å². The first-order chi connectivity index (χ1) is 6.97. The monoisotopic (exact) mass is 220 g/mol. The van der Waals surface area contributed by atoms with Crippen molar-refractivity contribution in [1.82, 2.24) is 0 Å². The van der Waals surface area contributed by atoms with Gasteiger partial charge in [-0.05, 0) is 6.42 Å². The molecule has 0 bridgehead atoms. The number of alkyl halides is 1. The molecule has 15 heavy (non-hydrogen) atoms. The van der Waals surface area contributed by atoms with Crippen molar-refractivity contribution >= 4 is 5.97 Å². The van der Waals surface area contributed by atoms with Gasteiger partial charge >= 0.3 is 5.97 Å². The van der Waals surface area contributed by atoms with Crippen LogP contribution in [0, 0.1) is 5.92 Å². The van der Waals surface area contributed by atoms with Gasteiger partial charge < -0.3 is 14.6 Å². The maximum atomic E-state index is 13.5. The Morgan fingerprint density at radius 1 is 1.60 bits per heavy atom. The van der Waals surface area contributed by atoms with Crippen LogP contribution in [0.15, 0.2) is 0 Å². The van der Waals surface area contributed by atoms with Crippen molar-refractivity contribution in [3.05, 3.63) is 0 Å². The molecule has 88 valence electrons. The topological polar surface area (TPSA) is 55.8 Å². The zero-order chi connectivity index (χ0) is 11.6. The normalized spacial score (nSPS) is 41.3. The van der Waals surface area contributed by atoms with Crippen molar-refractivity contribution in [2.45, 2.75) is 51.9 Å². The summed E-state index contributed by atoms with van der Waals surface area (Å²) in [7, 11) is 0. The molecule has 1 rings (SSSR count). The van der Waals surface area contributed by atoms with Crippen LogP contribution in [0.5, 0.6) is 0 Å². The van der Waals surface area contributed by atoms with E-state index in [2.05, 4.69) is 0 Å². The third kappa shape index (κ3) is 2.66. The first-order valence-electron chi connectivity index (χ1n) is 5.12. The van der Waals surface area contributed by atoms with Crippen LogP contribution in [-0.4, -0.2) is 35.7 Å². The second-order valence-electron chi connectivity index (χ2n) is 3.86. The van der Waals surface area contributed by atoms with Gasteiger partial charge in [0.1, 0.15) is 0 Å². The fourth-order valence-electron chi connectivity index (χ4n) is 1.79. The highest BCUT2D eigenvalue weighted by molar-refractivity contribution is 5.66. The van der Waals surface area contributed by atoms with Gasteiger partial charge in [-0.1, -0.05) is 13.8 Å². The molecule has 5 heteroatoms. The second-order valence-corrected chi connectivity index (χ2v) is 3.86. The van der Waals surface area contributed by atoms with Gasteiger partial charge in [0, 0.05) is 12.8 Å². The van der Waals surface area contributed by atoms with Crippen LogP contribution in [0.2, 0.25) is 0 Å². The van der Waals surface area contributed by atoms with E-state index in [1.54, 1.807) is 13.8 Å².